The molecule has 1 aromatic rings. The number of nitrogens with zero attached hydrogens (tertiary/aromatic N) is 2. The number of aryl methyl sites for hydroxylation is 2. The van der Waals surface area contributed by atoms with E-state index in [2.05, 4.69) is 30.3 Å². The average Bonchev–Trinajstić information content (AvgIpc) is 2.45. The van der Waals surface area contributed by atoms with Gasteiger partial charge in [-0.15, -0.1) is 0 Å². The van der Waals surface area contributed by atoms with Crippen molar-refractivity contribution < 1.29 is 0 Å². The maximum Gasteiger partial charge on any atom is 0.0597 e. The summed E-state index contributed by atoms with van der Waals surface area (Å²) in [6, 6.07) is 2.47. The third kappa shape index (κ3) is 3.32. The number of rotatable bonds is 5. The van der Waals surface area contributed by atoms with Crippen LogP contribution in [0.1, 0.15) is 25.2 Å². The summed E-state index contributed by atoms with van der Waals surface area (Å²) in [5.74, 6) is 0.560. The number of nitrogens with one attached hydrogen (secondary N) is 1. The van der Waals surface area contributed by atoms with E-state index < -0.39 is 0 Å². The van der Waals surface area contributed by atoms with Gasteiger partial charge in [0.25, 0.3) is 0 Å². The van der Waals surface area contributed by atoms with Crippen LogP contribution in [-0.2, 0) is 13.6 Å². The molecule has 4 nitrogen and oxygen atoms in total. The molecule has 0 aliphatic rings. The molecule has 0 aliphatic carbocycles. The van der Waals surface area contributed by atoms with Crippen molar-refractivity contribution in [3.63, 3.8) is 0 Å². The normalized spacial score (nSPS) is 13.5. The van der Waals surface area contributed by atoms with Crippen LogP contribution in [-0.4, -0.2) is 22.4 Å². The van der Waals surface area contributed by atoms with Gasteiger partial charge in [-0.2, -0.15) is 5.10 Å². The third-order valence-electron chi connectivity index (χ3n) is 2.70. The topological polar surface area (TPSA) is 55.9 Å². The van der Waals surface area contributed by atoms with E-state index in [4.69, 9.17) is 5.73 Å². The highest BCUT2D eigenvalue weighted by Gasteiger charge is 2.11. The lowest BCUT2D eigenvalue weighted by Gasteiger charge is -2.20. The summed E-state index contributed by atoms with van der Waals surface area (Å²) < 4.78 is 1.91. The Morgan fingerprint density at radius 1 is 1.53 bits per heavy atom. The van der Waals surface area contributed by atoms with Crippen LogP contribution in [0.3, 0.4) is 0 Å². The zero-order valence-corrected chi connectivity index (χ0v) is 10.1. The van der Waals surface area contributed by atoms with E-state index in [1.165, 1.54) is 5.69 Å². The number of nitrogens with two attached hydrogens (primary N) is 1. The number of hydrogen-bond donors (Lipinski definition) is 2. The first kappa shape index (κ1) is 12.2. The minimum Gasteiger partial charge on any atom is -0.329 e. The Bertz CT molecular complexity index is 304. The van der Waals surface area contributed by atoms with Crippen LogP contribution in [0.4, 0.5) is 0 Å². The average molecular weight is 210 g/mol. The molecule has 0 bridgehead atoms. The standard InChI is InChI=1S/C11H22N4/c1-8(2)11(6-12)13-7-10-5-9(3)14-15(10)4/h5,8,11,13H,6-7,12H2,1-4H3. The Balaban J connectivity index is 2.52. The smallest absolute Gasteiger partial charge is 0.0597 e. The Morgan fingerprint density at radius 3 is 2.60 bits per heavy atom. The quantitative estimate of drug-likeness (QED) is 0.756. The first-order chi connectivity index (χ1) is 7.04. The molecule has 1 aromatic heterocycles. The molecule has 1 heterocycles. The molecule has 0 fully saturated rings. The van der Waals surface area contributed by atoms with E-state index in [1.54, 1.807) is 0 Å². The highest BCUT2D eigenvalue weighted by molar-refractivity contribution is 5.08. The third-order valence-corrected chi connectivity index (χ3v) is 2.70. The molecule has 0 amide bonds. The first-order valence-electron chi connectivity index (χ1n) is 5.47. The fourth-order valence-electron chi connectivity index (χ4n) is 1.66. The summed E-state index contributed by atoms with van der Waals surface area (Å²) in [6.07, 6.45) is 0. The molecule has 3 N–H and O–H groups in total. The van der Waals surface area contributed by atoms with Gasteiger partial charge >= 0.3 is 0 Å². The highest BCUT2D eigenvalue weighted by atomic mass is 15.3. The lowest BCUT2D eigenvalue weighted by atomic mass is 10.0. The minimum absolute atomic E-state index is 0.375. The molecule has 0 spiro atoms. The largest absolute Gasteiger partial charge is 0.329 e. The van der Waals surface area contributed by atoms with Crippen molar-refractivity contribution in [2.45, 2.75) is 33.4 Å². The molecule has 0 aromatic carbocycles. The number of aromatic nitrogens is 2. The zero-order valence-electron chi connectivity index (χ0n) is 10.1. The fraction of sp³-hybridized carbons (Fsp3) is 0.727. The SMILES string of the molecule is Cc1cc(CNC(CN)C(C)C)n(C)n1. The first-order valence-corrected chi connectivity index (χ1v) is 5.47. The maximum atomic E-state index is 5.70. The lowest BCUT2D eigenvalue weighted by molar-refractivity contribution is 0.399. The van der Waals surface area contributed by atoms with Gasteiger partial charge in [0.2, 0.25) is 0 Å². The molecule has 15 heavy (non-hydrogen) atoms. The van der Waals surface area contributed by atoms with Crippen molar-refractivity contribution in [3.05, 3.63) is 17.5 Å². The Morgan fingerprint density at radius 2 is 2.20 bits per heavy atom. The molecule has 1 rings (SSSR count). The molecule has 0 radical (unpaired) electrons. The van der Waals surface area contributed by atoms with Gasteiger partial charge in [0.05, 0.1) is 11.4 Å². The van der Waals surface area contributed by atoms with Crippen LogP contribution in [0, 0.1) is 12.8 Å². The van der Waals surface area contributed by atoms with E-state index in [1.807, 2.05) is 18.7 Å². The maximum absolute atomic E-state index is 5.70. The van der Waals surface area contributed by atoms with Gasteiger partial charge in [0.1, 0.15) is 0 Å². The predicted molar refractivity (Wildman–Crippen MR) is 62.5 cm³/mol. The van der Waals surface area contributed by atoms with Gasteiger partial charge in [-0.25, -0.2) is 0 Å². The van der Waals surface area contributed by atoms with E-state index in [0.29, 0.717) is 18.5 Å². The van der Waals surface area contributed by atoms with E-state index in [-0.39, 0.29) is 0 Å². The van der Waals surface area contributed by atoms with Crippen LogP contribution in [0.2, 0.25) is 0 Å². The van der Waals surface area contributed by atoms with Gasteiger partial charge in [0, 0.05) is 26.2 Å². The summed E-state index contributed by atoms with van der Waals surface area (Å²) in [6.45, 7) is 7.87. The van der Waals surface area contributed by atoms with Crippen LogP contribution in [0.5, 0.6) is 0 Å². The van der Waals surface area contributed by atoms with Gasteiger partial charge in [-0.3, -0.25) is 4.68 Å². The van der Waals surface area contributed by atoms with Crippen molar-refractivity contribution in [2.75, 3.05) is 6.54 Å². The predicted octanol–water partition coefficient (Wildman–Crippen LogP) is 0.801. The molecule has 4 heteroatoms. The van der Waals surface area contributed by atoms with Crippen molar-refractivity contribution >= 4 is 0 Å². The summed E-state index contributed by atoms with van der Waals surface area (Å²) >= 11 is 0. The molecule has 0 saturated carbocycles. The van der Waals surface area contributed by atoms with Crippen molar-refractivity contribution in [2.24, 2.45) is 18.7 Å². The van der Waals surface area contributed by atoms with E-state index in [9.17, 15) is 0 Å². The van der Waals surface area contributed by atoms with Gasteiger partial charge in [-0.05, 0) is 18.9 Å². The molecule has 0 aliphatic heterocycles. The Labute approximate surface area is 91.8 Å². The van der Waals surface area contributed by atoms with E-state index in [0.717, 1.165) is 12.2 Å². The zero-order chi connectivity index (χ0) is 11.4. The summed E-state index contributed by atoms with van der Waals surface area (Å²) in [4.78, 5) is 0. The van der Waals surface area contributed by atoms with Crippen molar-refractivity contribution in [1.82, 2.24) is 15.1 Å². The second-order valence-electron chi connectivity index (χ2n) is 4.37. The summed E-state index contributed by atoms with van der Waals surface area (Å²) in [5, 5.41) is 7.76. The molecule has 86 valence electrons. The van der Waals surface area contributed by atoms with Crippen LogP contribution in [0.15, 0.2) is 6.07 Å². The molecular formula is C11H22N4. The van der Waals surface area contributed by atoms with Gasteiger partial charge < -0.3 is 11.1 Å². The van der Waals surface area contributed by atoms with Crippen molar-refractivity contribution in [1.29, 1.82) is 0 Å². The highest BCUT2D eigenvalue weighted by Crippen LogP contribution is 2.04. The van der Waals surface area contributed by atoms with Crippen LogP contribution in [0.25, 0.3) is 0 Å². The van der Waals surface area contributed by atoms with E-state index >= 15 is 0 Å². The lowest BCUT2D eigenvalue weighted by Crippen LogP contribution is -2.40. The minimum atomic E-state index is 0.375. The van der Waals surface area contributed by atoms with Gasteiger partial charge in [0.15, 0.2) is 0 Å². The Hall–Kier alpha value is -0.870. The fourth-order valence-corrected chi connectivity index (χ4v) is 1.66. The van der Waals surface area contributed by atoms with Gasteiger partial charge in [-0.1, -0.05) is 13.8 Å². The second-order valence-corrected chi connectivity index (χ2v) is 4.37. The van der Waals surface area contributed by atoms with Crippen molar-refractivity contribution in [3.8, 4) is 0 Å². The van der Waals surface area contributed by atoms with Crippen LogP contribution < -0.4 is 11.1 Å². The number of hydrogen-bond acceptors (Lipinski definition) is 3. The molecule has 0 saturated heterocycles. The summed E-state index contributed by atoms with van der Waals surface area (Å²) in [5.41, 5.74) is 7.96. The Kier molecular flexibility index (Phi) is 4.29. The molecule has 1 atom stereocenters. The summed E-state index contributed by atoms with van der Waals surface area (Å²) in [7, 11) is 1.97. The van der Waals surface area contributed by atoms with Crippen LogP contribution >= 0.6 is 0 Å². The molecular weight excluding hydrogens is 188 g/mol. The second kappa shape index (κ2) is 5.28. The molecule has 1 unspecified atom stereocenters. The monoisotopic (exact) mass is 210 g/mol.